The summed E-state index contributed by atoms with van der Waals surface area (Å²) in [4.78, 5) is 16.0. The molecule has 1 aliphatic rings. The van der Waals surface area contributed by atoms with E-state index in [0.717, 1.165) is 6.54 Å². The van der Waals surface area contributed by atoms with Gasteiger partial charge in [0.1, 0.15) is 17.6 Å². The van der Waals surface area contributed by atoms with Crippen LogP contribution in [0.1, 0.15) is 11.8 Å². The molecule has 6 nitrogen and oxygen atoms in total. The van der Waals surface area contributed by atoms with Crippen molar-refractivity contribution in [2.24, 2.45) is 0 Å². The van der Waals surface area contributed by atoms with Crippen LogP contribution in [-0.4, -0.2) is 30.7 Å². The van der Waals surface area contributed by atoms with E-state index >= 15 is 0 Å². The summed E-state index contributed by atoms with van der Waals surface area (Å²) in [6.07, 6.45) is 0.974. The Morgan fingerprint density at radius 3 is 2.88 bits per heavy atom. The fraction of sp³-hybridized carbons (Fsp3) is 0.250. The average Bonchev–Trinajstić information content (AvgIpc) is 2.55. The fourth-order valence-electron chi connectivity index (χ4n) is 2.35. The highest BCUT2D eigenvalue weighted by atomic mass is 35.5. The highest BCUT2D eigenvalue weighted by Crippen LogP contribution is 2.22. The van der Waals surface area contributed by atoms with Crippen LogP contribution in [0.4, 0.5) is 20.6 Å². The Morgan fingerprint density at radius 2 is 2.17 bits per heavy atom. The van der Waals surface area contributed by atoms with Gasteiger partial charge in [-0.2, -0.15) is 0 Å². The number of carbonyl (C=O) groups is 1. The van der Waals surface area contributed by atoms with Crippen LogP contribution in [0, 0.1) is 5.82 Å². The summed E-state index contributed by atoms with van der Waals surface area (Å²) in [6, 6.07) is 7.42. The average molecular weight is 351 g/mol. The van der Waals surface area contributed by atoms with Gasteiger partial charge in [0, 0.05) is 29.9 Å². The van der Waals surface area contributed by atoms with Crippen molar-refractivity contribution < 1.29 is 13.9 Å². The van der Waals surface area contributed by atoms with Gasteiger partial charge >= 0.3 is 6.03 Å². The molecular weight excluding hydrogens is 335 g/mol. The second-order valence-electron chi connectivity index (χ2n) is 5.24. The number of halogens is 2. The topological polar surface area (TPSA) is 75.3 Å². The van der Waals surface area contributed by atoms with Crippen molar-refractivity contribution in [3.8, 4) is 0 Å². The first-order valence-electron chi connectivity index (χ1n) is 7.43. The number of nitrogens with one attached hydrogen (secondary N) is 3. The van der Waals surface area contributed by atoms with Crippen molar-refractivity contribution in [2.45, 2.75) is 6.10 Å². The van der Waals surface area contributed by atoms with Crippen molar-refractivity contribution in [2.75, 3.05) is 30.3 Å². The molecule has 0 unspecified atom stereocenters. The van der Waals surface area contributed by atoms with Crippen molar-refractivity contribution in [3.63, 3.8) is 0 Å². The molecule has 0 aliphatic carbocycles. The highest BCUT2D eigenvalue weighted by Gasteiger charge is 2.21. The molecule has 1 saturated heterocycles. The summed E-state index contributed by atoms with van der Waals surface area (Å²) in [5.41, 5.74) is 1.01. The molecule has 3 rings (SSSR count). The van der Waals surface area contributed by atoms with Gasteiger partial charge in [0.2, 0.25) is 0 Å². The van der Waals surface area contributed by atoms with Gasteiger partial charge in [0.25, 0.3) is 0 Å². The van der Waals surface area contributed by atoms with Gasteiger partial charge in [0.05, 0.1) is 18.5 Å². The number of morpholine rings is 1. The van der Waals surface area contributed by atoms with Crippen LogP contribution >= 0.6 is 11.6 Å². The van der Waals surface area contributed by atoms with Crippen LogP contribution in [0.15, 0.2) is 36.5 Å². The monoisotopic (exact) mass is 350 g/mol. The number of carbonyl (C=O) groups excluding carboxylic acids is 1. The van der Waals surface area contributed by atoms with Gasteiger partial charge < -0.3 is 20.7 Å². The summed E-state index contributed by atoms with van der Waals surface area (Å²) < 4.78 is 19.7. The molecule has 24 heavy (non-hydrogen) atoms. The second kappa shape index (κ2) is 7.57. The zero-order valence-electron chi connectivity index (χ0n) is 12.7. The molecule has 3 N–H and O–H groups in total. The summed E-state index contributed by atoms with van der Waals surface area (Å²) in [5.74, 6) is -0.524. The molecule has 0 saturated carbocycles. The number of ether oxygens (including phenoxy) is 1. The van der Waals surface area contributed by atoms with E-state index in [-0.39, 0.29) is 11.4 Å². The number of hydrogen-bond acceptors (Lipinski definition) is 4. The fourth-order valence-corrected chi connectivity index (χ4v) is 2.54. The van der Waals surface area contributed by atoms with Crippen LogP contribution in [0.5, 0.6) is 0 Å². The van der Waals surface area contributed by atoms with Crippen molar-refractivity contribution in [3.05, 3.63) is 53.1 Å². The standard InChI is InChI=1S/C16H16ClFN4O2/c17-10-2-1-3-11(6-10)21-16(23)22-12-7-13(18)15(20-8-12)14-9-19-4-5-24-14/h1-3,6-8,14,19H,4-5,9H2,(H2,21,22,23)/t14-/m1/s1. The Morgan fingerprint density at radius 1 is 1.33 bits per heavy atom. The quantitative estimate of drug-likeness (QED) is 0.794. The van der Waals surface area contributed by atoms with E-state index in [1.165, 1.54) is 12.3 Å². The van der Waals surface area contributed by atoms with Crippen molar-refractivity contribution in [1.82, 2.24) is 10.3 Å². The number of urea groups is 1. The third kappa shape index (κ3) is 4.19. The zero-order valence-corrected chi connectivity index (χ0v) is 13.4. The van der Waals surface area contributed by atoms with Gasteiger partial charge in [-0.1, -0.05) is 17.7 Å². The number of pyridine rings is 1. The number of hydrogen-bond donors (Lipinski definition) is 3. The van der Waals surface area contributed by atoms with Gasteiger partial charge in [-0.3, -0.25) is 4.98 Å². The number of aromatic nitrogens is 1. The molecule has 0 spiro atoms. The van der Waals surface area contributed by atoms with E-state index in [1.54, 1.807) is 24.3 Å². The van der Waals surface area contributed by atoms with Crippen LogP contribution in [0.25, 0.3) is 0 Å². The molecule has 0 radical (unpaired) electrons. The van der Waals surface area contributed by atoms with E-state index in [0.29, 0.717) is 23.9 Å². The summed E-state index contributed by atoms with van der Waals surface area (Å²) in [5, 5.41) is 8.76. The normalized spacial score (nSPS) is 17.3. The third-order valence-corrected chi connectivity index (χ3v) is 3.68. The third-order valence-electron chi connectivity index (χ3n) is 3.44. The smallest absolute Gasteiger partial charge is 0.323 e. The SMILES string of the molecule is O=C(Nc1cccc(Cl)c1)Nc1cnc([C@H]2CNCCO2)c(F)c1. The van der Waals surface area contributed by atoms with Crippen LogP contribution < -0.4 is 16.0 Å². The molecule has 0 bridgehead atoms. The Labute approximate surface area is 143 Å². The number of anilines is 2. The molecule has 8 heteroatoms. The summed E-state index contributed by atoms with van der Waals surface area (Å²) in [7, 11) is 0. The maximum Gasteiger partial charge on any atom is 0.323 e. The van der Waals surface area contributed by atoms with Gasteiger partial charge in [0.15, 0.2) is 0 Å². The molecule has 1 aliphatic heterocycles. The first-order chi connectivity index (χ1) is 11.6. The van der Waals surface area contributed by atoms with E-state index in [2.05, 4.69) is 20.9 Å². The van der Waals surface area contributed by atoms with E-state index < -0.39 is 18.0 Å². The molecule has 1 aromatic carbocycles. The number of benzene rings is 1. The molecule has 1 atom stereocenters. The first kappa shape index (κ1) is 16.6. The van der Waals surface area contributed by atoms with Crippen molar-refractivity contribution >= 4 is 29.0 Å². The maximum atomic E-state index is 14.2. The van der Waals surface area contributed by atoms with Gasteiger partial charge in [-0.25, -0.2) is 9.18 Å². The minimum absolute atomic E-state index is 0.225. The van der Waals surface area contributed by atoms with E-state index in [9.17, 15) is 9.18 Å². The predicted octanol–water partition coefficient (Wildman–Crippen LogP) is 3.18. The number of rotatable bonds is 3. The van der Waals surface area contributed by atoms with Crippen LogP contribution in [0.3, 0.4) is 0 Å². The molecule has 126 valence electrons. The number of nitrogens with zero attached hydrogens (tertiary/aromatic N) is 1. The van der Waals surface area contributed by atoms with E-state index in [1.807, 2.05) is 0 Å². The van der Waals surface area contributed by atoms with Gasteiger partial charge in [-0.05, 0) is 18.2 Å². The molecule has 2 heterocycles. The largest absolute Gasteiger partial charge is 0.369 e. The lowest BCUT2D eigenvalue weighted by molar-refractivity contribution is 0.0227. The summed E-state index contributed by atoms with van der Waals surface area (Å²) >= 11 is 5.85. The minimum Gasteiger partial charge on any atom is -0.369 e. The first-order valence-corrected chi connectivity index (χ1v) is 7.81. The minimum atomic E-state index is -0.524. The molecular formula is C16H16ClFN4O2. The lowest BCUT2D eigenvalue weighted by atomic mass is 10.2. The molecule has 1 fully saturated rings. The predicted molar refractivity (Wildman–Crippen MR) is 89.9 cm³/mol. The van der Waals surface area contributed by atoms with Crippen molar-refractivity contribution in [1.29, 1.82) is 0 Å². The zero-order chi connectivity index (χ0) is 16.9. The Hall–Kier alpha value is -2.22. The maximum absolute atomic E-state index is 14.2. The molecule has 1 aromatic heterocycles. The highest BCUT2D eigenvalue weighted by molar-refractivity contribution is 6.30. The second-order valence-corrected chi connectivity index (χ2v) is 5.68. The Kier molecular flexibility index (Phi) is 5.24. The van der Waals surface area contributed by atoms with E-state index in [4.69, 9.17) is 16.3 Å². The molecule has 2 amide bonds. The van der Waals surface area contributed by atoms with Gasteiger partial charge in [-0.15, -0.1) is 0 Å². The van der Waals surface area contributed by atoms with Crippen LogP contribution in [-0.2, 0) is 4.74 Å². The number of amides is 2. The Bertz CT molecular complexity index is 738. The Balaban J connectivity index is 1.64. The molecule has 2 aromatic rings. The lowest BCUT2D eigenvalue weighted by Crippen LogP contribution is -2.34. The van der Waals surface area contributed by atoms with Crippen LogP contribution in [0.2, 0.25) is 5.02 Å². The summed E-state index contributed by atoms with van der Waals surface area (Å²) in [6.45, 7) is 1.75. The lowest BCUT2D eigenvalue weighted by Gasteiger charge is -2.23.